The largest absolute Gasteiger partial charge is 0.493 e. The zero-order valence-corrected chi connectivity index (χ0v) is 8.46. The second-order valence-corrected chi connectivity index (χ2v) is 3.28. The monoisotopic (exact) mass is 198 g/mol. The van der Waals surface area contributed by atoms with Crippen molar-refractivity contribution in [2.75, 3.05) is 13.2 Å². The standard InChI is InChI=1S/C11H15FO2/c1-3-14-10-7-5-4-6-9(10)11(2,12)8-13/h4-7,13H,3,8H2,1-2H3. The Kier molecular flexibility index (Phi) is 3.47. The molecule has 0 radical (unpaired) electrons. The van der Waals surface area contributed by atoms with E-state index in [2.05, 4.69) is 0 Å². The third-order valence-electron chi connectivity index (χ3n) is 2.05. The Labute approximate surface area is 83.3 Å². The molecule has 0 fully saturated rings. The number of hydrogen-bond donors (Lipinski definition) is 1. The molecule has 0 aliphatic carbocycles. The first-order valence-electron chi connectivity index (χ1n) is 4.64. The zero-order valence-electron chi connectivity index (χ0n) is 8.46. The number of aliphatic hydroxyl groups is 1. The van der Waals surface area contributed by atoms with E-state index in [9.17, 15) is 4.39 Å². The van der Waals surface area contributed by atoms with E-state index in [4.69, 9.17) is 9.84 Å². The van der Waals surface area contributed by atoms with E-state index in [1.807, 2.05) is 6.92 Å². The van der Waals surface area contributed by atoms with E-state index < -0.39 is 12.3 Å². The lowest BCUT2D eigenvalue weighted by molar-refractivity contribution is 0.0835. The predicted molar refractivity (Wildman–Crippen MR) is 53.2 cm³/mol. The van der Waals surface area contributed by atoms with Gasteiger partial charge in [-0.1, -0.05) is 18.2 Å². The van der Waals surface area contributed by atoms with E-state index in [1.165, 1.54) is 6.92 Å². The number of para-hydroxylation sites is 1. The molecular formula is C11H15FO2. The van der Waals surface area contributed by atoms with E-state index >= 15 is 0 Å². The highest BCUT2D eigenvalue weighted by Crippen LogP contribution is 2.32. The summed E-state index contributed by atoms with van der Waals surface area (Å²) in [4.78, 5) is 0. The van der Waals surface area contributed by atoms with Gasteiger partial charge in [-0.25, -0.2) is 4.39 Å². The summed E-state index contributed by atoms with van der Waals surface area (Å²) in [7, 11) is 0. The van der Waals surface area contributed by atoms with Crippen LogP contribution in [0.1, 0.15) is 19.4 Å². The number of halogens is 1. The molecule has 1 unspecified atom stereocenters. The highest BCUT2D eigenvalue weighted by molar-refractivity contribution is 5.37. The molecule has 14 heavy (non-hydrogen) atoms. The molecule has 0 saturated heterocycles. The van der Waals surface area contributed by atoms with Gasteiger partial charge in [0.05, 0.1) is 13.2 Å². The third kappa shape index (κ3) is 2.23. The van der Waals surface area contributed by atoms with Crippen molar-refractivity contribution in [3.63, 3.8) is 0 Å². The zero-order chi connectivity index (χ0) is 10.6. The summed E-state index contributed by atoms with van der Waals surface area (Å²) in [5.41, 5.74) is -1.35. The molecule has 1 rings (SSSR count). The minimum Gasteiger partial charge on any atom is -0.493 e. The van der Waals surface area contributed by atoms with Crippen LogP contribution in [-0.2, 0) is 5.67 Å². The van der Waals surface area contributed by atoms with Crippen molar-refractivity contribution in [1.82, 2.24) is 0 Å². The van der Waals surface area contributed by atoms with Crippen molar-refractivity contribution in [3.05, 3.63) is 29.8 Å². The van der Waals surface area contributed by atoms with Crippen LogP contribution in [0.25, 0.3) is 0 Å². The molecule has 78 valence electrons. The topological polar surface area (TPSA) is 29.5 Å². The first kappa shape index (κ1) is 11.0. The summed E-state index contributed by atoms with van der Waals surface area (Å²) < 4.78 is 19.1. The van der Waals surface area contributed by atoms with E-state index in [-0.39, 0.29) is 0 Å². The number of hydrogen-bond acceptors (Lipinski definition) is 2. The van der Waals surface area contributed by atoms with Crippen LogP contribution in [-0.4, -0.2) is 18.3 Å². The lowest BCUT2D eigenvalue weighted by atomic mass is 9.98. The van der Waals surface area contributed by atoms with E-state index in [0.29, 0.717) is 17.9 Å². The molecular weight excluding hydrogens is 183 g/mol. The molecule has 0 spiro atoms. The Morgan fingerprint density at radius 1 is 1.43 bits per heavy atom. The lowest BCUT2D eigenvalue weighted by Gasteiger charge is -2.20. The minimum absolute atomic E-state index is 0.393. The molecule has 2 nitrogen and oxygen atoms in total. The fourth-order valence-corrected chi connectivity index (χ4v) is 1.26. The molecule has 0 aliphatic rings. The van der Waals surface area contributed by atoms with Crippen molar-refractivity contribution < 1.29 is 14.2 Å². The SMILES string of the molecule is CCOc1ccccc1C(C)(F)CO. The normalized spacial score (nSPS) is 14.9. The maximum atomic E-state index is 13.8. The Balaban J connectivity index is 3.06. The summed E-state index contributed by atoms with van der Waals surface area (Å²) in [5.74, 6) is 0.494. The van der Waals surface area contributed by atoms with Gasteiger partial charge in [0.15, 0.2) is 5.67 Å². The van der Waals surface area contributed by atoms with Crippen molar-refractivity contribution >= 4 is 0 Å². The van der Waals surface area contributed by atoms with Crippen molar-refractivity contribution in [1.29, 1.82) is 0 Å². The van der Waals surface area contributed by atoms with Gasteiger partial charge in [0, 0.05) is 5.56 Å². The molecule has 3 heteroatoms. The van der Waals surface area contributed by atoms with Crippen LogP contribution in [0.3, 0.4) is 0 Å². The summed E-state index contributed by atoms with van der Waals surface area (Å²) in [6.07, 6.45) is 0. The average Bonchev–Trinajstić information content (AvgIpc) is 2.19. The van der Waals surface area contributed by atoms with Crippen molar-refractivity contribution in [2.45, 2.75) is 19.5 Å². The van der Waals surface area contributed by atoms with Gasteiger partial charge in [0.25, 0.3) is 0 Å². The Morgan fingerprint density at radius 2 is 2.07 bits per heavy atom. The van der Waals surface area contributed by atoms with Gasteiger partial charge in [-0.15, -0.1) is 0 Å². The Morgan fingerprint density at radius 3 is 2.64 bits per heavy atom. The van der Waals surface area contributed by atoms with Crippen LogP contribution in [0, 0.1) is 0 Å². The molecule has 0 amide bonds. The van der Waals surface area contributed by atoms with Crippen LogP contribution in [0.15, 0.2) is 24.3 Å². The van der Waals surface area contributed by atoms with Crippen molar-refractivity contribution in [3.8, 4) is 5.75 Å². The van der Waals surface area contributed by atoms with Crippen LogP contribution < -0.4 is 4.74 Å². The summed E-state index contributed by atoms with van der Waals surface area (Å²) >= 11 is 0. The van der Waals surface area contributed by atoms with Crippen LogP contribution in [0.4, 0.5) is 4.39 Å². The van der Waals surface area contributed by atoms with Gasteiger partial charge in [0.2, 0.25) is 0 Å². The maximum Gasteiger partial charge on any atom is 0.159 e. The molecule has 1 aromatic carbocycles. The second kappa shape index (κ2) is 4.42. The van der Waals surface area contributed by atoms with Crippen LogP contribution >= 0.6 is 0 Å². The Bertz CT molecular complexity index is 297. The molecule has 1 aromatic rings. The fraction of sp³-hybridized carbons (Fsp3) is 0.455. The highest BCUT2D eigenvalue weighted by atomic mass is 19.1. The van der Waals surface area contributed by atoms with Gasteiger partial charge < -0.3 is 9.84 Å². The van der Waals surface area contributed by atoms with Gasteiger partial charge in [0.1, 0.15) is 5.75 Å². The summed E-state index contributed by atoms with van der Waals surface area (Å²) in [6, 6.07) is 6.83. The summed E-state index contributed by atoms with van der Waals surface area (Å²) in [6.45, 7) is 3.12. The lowest BCUT2D eigenvalue weighted by Crippen LogP contribution is -2.21. The highest BCUT2D eigenvalue weighted by Gasteiger charge is 2.28. The van der Waals surface area contributed by atoms with Gasteiger partial charge in [-0.05, 0) is 19.9 Å². The number of ether oxygens (including phenoxy) is 1. The van der Waals surface area contributed by atoms with Crippen molar-refractivity contribution in [2.24, 2.45) is 0 Å². The van der Waals surface area contributed by atoms with Gasteiger partial charge in [-0.2, -0.15) is 0 Å². The quantitative estimate of drug-likeness (QED) is 0.804. The summed E-state index contributed by atoms with van der Waals surface area (Å²) in [5, 5.41) is 8.91. The Hall–Kier alpha value is -1.09. The van der Waals surface area contributed by atoms with Crippen LogP contribution in [0.5, 0.6) is 5.75 Å². The molecule has 1 atom stereocenters. The minimum atomic E-state index is -1.74. The smallest absolute Gasteiger partial charge is 0.159 e. The molecule has 0 bridgehead atoms. The fourth-order valence-electron chi connectivity index (χ4n) is 1.26. The number of alkyl halides is 1. The average molecular weight is 198 g/mol. The first-order chi connectivity index (χ1) is 6.61. The van der Waals surface area contributed by atoms with Gasteiger partial charge in [-0.3, -0.25) is 0 Å². The van der Waals surface area contributed by atoms with E-state index in [1.54, 1.807) is 24.3 Å². The molecule has 0 heterocycles. The third-order valence-corrected chi connectivity index (χ3v) is 2.05. The number of rotatable bonds is 4. The number of aliphatic hydroxyl groups excluding tert-OH is 1. The maximum absolute atomic E-state index is 13.8. The predicted octanol–water partition coefficient (Wildman–Crippen LogP) is 2.26. The molecule has 0 saturated carbocycles. The van der Waals surface area contributed by atoms with Crippen LogP contribution in [0.2, 0.25) is 0 Å². The van der Waals surface area contributed by atoms with Gasteiger partial charge >= 0.3 is 0 Å². The van der Waals surface area contributed by atoms with E-state index in [0.717, 1.165) is 0 Å². The molecule has 0 aromatic heterocycles. The second-order valence-electron chi connectivity index (χ2n) is 3.28. The molecule has 0 aliphatic heterocycles. The first-order valence-corrected chi connectivity index (χ1v) is 4.64. The number of benzene rings is 1. The molecule has 1 N–H and O–H groups in total.